The highest BCUT2D eigenvalue weighted by Gasteiger charge is 2.30. The molecule has 1 N–H and O–H groups in total. The van der Waals surface area contributed by atoms with Crippen molar-refractivity contribution in [3.8, 4) is 5.75 Å². The van der Waals surface area contributed by atoms with Gasteiger partial charge in [0.05, 0.1) is 6.42 Å². The van der Waals surface area contributed by atoms with Crippen LogP contribution in [0, 0.1) is 5.92 Å². The molecule has 1 aromatic carbocycles. The molecule has 8 heteroatoms. The van der Waals surface area contributed by atoms with Crippen LogP contribution in [-0.4, -0.2) is 24.8 Å². The molecule has 1 aliphatic rings. The molecule has 0 fully saturated rings. The van der Waals surface area contributed by atoms with Crippen LogP contribution in [0.3, 0.4) is 0 Å². The van der Waals surface area contributed by atoms with Crippen LogP contribution in [-0.2, 0) is 14.3 Å². The Balaban J connectivity index is 1.73. The summed E-state index contributed by atoms with van der Waals surface area (Å²) in [4.78, 5) is 23.2. The van der Waals surface area contributed by atoms with Crippen molar-refractivity contribution in [2.24, 2.45) is 5.92 Å². The van der Waals surface area contributed by atoms with Crippen molar-refractivity contribution in [1.29, 1.82) is 0 Å². The number of esters is 1. The number of carbonyl (C=O) groups excluding carboxylic acids is 2. The molecule has 0 saturated heterocycles. The molecule has 0 unspecified atom stereocenters. The van der Waals surface area contributed by atoms with Crippen molar-refractivity contribution >= 4 is 17.6 Å². The second-order valence-corrected chi connectivity index (χ2v) is 5.25. The summed E-state index contributed by atoms with van der Waals surface area (Å²) in [6.45, 7) is -0.448. The Bertz CT molecular complexity index is 611. The van der Waals surface area contributed by atoms with Gasteiger partial charge in [0, 0.05) is 5.69 Å². The van der Waals surface area contributed by atoms with Crippen LogP contribution >= 0.6 is 0 Å². The van der Waals surface area contributed by atoms with Gasteiger partial charge in [0.25, 0.3) is 5.91 Å². The smallest absolute Gasteiger partial charge is 0.456 e. The third-order valence-corrected chi connectivity index (χ3v) is 3.28. The fourth-order valence-electron chi connectivity index (χ4n) is 2.22. The Morgan fingerprint density at radius 2 is 1.92 bits per heavy atom. The van der Waals surface area contributed by atoms with Crippen LogP contribution in [0.25, 0.3) is 0 Å². The summed E-state index contributed by atoms with van der Waals surface area (Å²) >= 11 is 0. The number of halogens is 3. The van der Waals surface area contributed by atoms with E-state index in [0.29, 0.717) is 0 Å². The average Bonchev–Trinajstić information content (AvgIpc) is 2.99. The SMILES string of the molecule is O=C(COC(=O)C[C@H]1C=CCC1)Nc1ccc(OC(F)(F)F)cc1. The first kappa shape index (κ1) is 17.8. The zero-order valence-electron chi connectivity index (χ0n) is 12.6. The Morgan fingerprint density at radius 1 is 1.21 bits per heavy atom. The van der Waals surface area contributed by atoms with Gasteiger partial charge in [0.15, 0.2) is 6.61 Å². The van der Waals surface area contributed by atoms with Crippen LogP contribution in [0.4, 0.5) is 18.9 Å². The molecule has 1 atom stereocenters. The highest BCUT2D eigenvalue weighted by atomic mass is 19.4. The van der Waals surface area contributed by atoms with Crippen molar-refractivity contribution in [3.63, 3.8) is 0 Å². The predicted molar refractivity (Wildman–Crippen MR) is 79.2 cm³/mol. The fourth-order valence-corrected chi connectivity index (χ4v) is 2.22. The van der Waals surface area contributed by atoms with Crippen LogP contribution < -0.4 is 10.1 Å². The standard InChI is InChI=1S/C16H16F3NO4/c17-16(18,19)24-13-7-5-12(6-8-13)20-14(21)10-23-15(22)9-11-3-1-2-4-11/h1,3,5-8,11H,2,4,9-10H2,(H,20,21)/t11-/m0/s1. The molecule has 2 rings (SSSR count). The van der Waals surface area contributed by atoms with Crippen molar-refractivity contribution < 1.29 is 32.2 Å². The van der Waals surface area contributed by atoms with Gasteiger partial charge in [-0.25, -0.2) is 0 Å². The van der Waals surface area contributed by atoms with E-state index < -0.39 is 30.6 Å². The van der Waals surface area contributed by atoms with E-state index in [1.54, 1.807) is 0 Å². The number of hydrogen-bond acceptors (Lipinski definition) is 4. The topological polar surface area (TPSA) is 64.6 Å². The molecule has 0 aromatic heterocycles. The van der Waals surface area contributed by atoms with Gasteiger partial charge in [-0.1, -0.05) is 12.2 Å². The number of nitrogens with one attached hydrogen (secondary N) is 1. The summed E-state index contributed by atoms with van der Waals surface area (Å²) in [5.41, 5.74) is 0.268. The summed E-state index contributed by atoms with van der Waals surface area (Å²) in [7, 11) is 0. The van der Waals surface area contributed by atoms with Gasteiger partial charge < -0.3 is 14.8 Å². The van der Waals surface area contributed by atoms with Crippen molar-refractivity contribution in [2.75, 3.05) is 11.9 Å². The van der Waals surface area contributed by atoms with Crippen LogP contribution in [0.5, 0.6) is 5.75 Å². The fraction of sp³-hybridized carbons (Fsp3) is 0.375. The highest BCUT2D eigenvalue weighted by Crippen LogP contribution is 2.24. The summed E-state index contributed by atoms with van der Waals surface area (Å²) in [6.07, 6.45) is 1.24. The number of alkyl halides is 3. The van der Waals surface area contributed by atoms with Gasteiger partial charge in [0.1, 0.15) is 5.75 Å². The van der Waals surface area contributed by atoms with Gasteiger partial charge in [-0.2, -0.15) is 0 Å². The van der Waals surface area contributed by atoms with Crippen LogP contribution in [0.2, 0.25) is 0 Å². The molecular weight excluding hydrogens is 327 g/mol. The maximum atomic E-state index is 12.0. The number of rotatable bonds is 6. The monoisotopic (exact) mass is 343 g/mol. The maximum absolute atomic E-state index is 12.0. The quantitative estimate of drug-likeness (QED) is 0.635. The van der Waals surface area contributed by atoms with Gasteiger partial charge in [-0.3, -0.25) is 9.59 Å². The van der Waals surface area contributed by atoms with Crippen molar-refractivity contribution in [3.05, 3.63) is 36.4 Å². The molecule has 1 aliphatic carbocycles. The van der Waals surface area contributed by atoms with Gasteiger partial charge in [-0.15, -0.1) is 13.2 Å². The molecule has 0 spiro atoms. The minimum Gasteiger partial charge on any atom is -0.456 e. The lowest BCUT2D eigenvalue weighted by Crippen LogP contribution is -2.21. The number of ether oxygens (including phenoxy) is 2. The first-order valence-electron chi connectivity index (χ1n) is 7.30. The summed E-state index contributed by atoms with van der Waals surface area (Å²) < 4.78 is 44.7. The summed E-state index contributed by atoms with van der Waals surface area (Å²) in [5, 5.41) is 2.41. The summed E-state index contributed by atoms with van der Waals surface area (Å²) in [5.74, 6) is -1.27. The van der Waals surface area contributed by atoms with E-state index in [9.17, 15) is 22.8 Å². The molecule has 0 saturated carbocycles. The Labute approximate surface area is 136 Å². The van der Waals surface area contributed by atoms with Crippen molar-refractivity contribution in [1.82, 2.24) is 0 Å². The van der Waals surface area contributed by atoms with E-state index in [1.807, 2.05) is 12.2 Å². The number of allylic oxidation sites excluding steroid dienone is 2. The van der Waals surface area contributed by atoms with Gasteiger partial charge >= 0.3 is 12.3 Å². The van der Waals surface area contributed by atoms with Crippen LogP contribution in [0.1, 0.15) is 19.3 Å². The van der Waals surface area contributed by atoms with Crippen LogP contribution in [0.15, 0.2) is 36.4 Å². The minimum absolute atomic E-state index is 0.154. The van der Waals surface area contributed by atoms with Gasteiger partial charge in [-0.05, 0) is 43.0 Å². The molecule has 130 valence electrons. The van der Waals surface area contributed by atoms with E-state index >= 15 is 0 Å². The number of carbonyl (C=O) groups is 2. The zero-order valence-corrected chi connectivity index (χ0v) is 12.6. The van der Waals surface area contributed by atoms with E-state index in [0.717, 1.165) is 25.0 Å². The molecule has 24 heavy (non-hydrogen) atoms. The minimum atomic E-state index is -4.77. The van der Waals surface area contributed by atoms with E-state index in [4.69, 9.17) is 4.74 Å². The first-order valence-corrected chi connectivity index (χ1v) is 7.30. The molecular formula is C16H16F3NO4. The molecule has 0 aliphatic heterocycles. The second-order valence-electron chi connectivity index (χ2n) is 5.25. The first-order chi connectivity index (χ1) is 11.3. The number of benzene rings is 1. The number of anilines is 1. The Morgan fingerprint density at radius 3 is 2.50 bits per heavy atom. The van der Waals surface area contributed by atoms with Gasteiger partial charge in [0.2, 0.25) is 0 Å². The molecule has 5 nitrogen and oxygen atoms in total. The second kappa shape index (κ2) is 7.85. The maximum Gasteiger partial charge on any atom is 0.573 e. The molecule has 1 aromatic rings. The molecule has 0 heterocycles. The van der Waals surface area contributed by atoms with Crippen molar-refractivity contribution in [2.45, 2.75) is 25.6 Å². The van der Waals surface area contributed by atoms with E-state index in [2.05, 4.69) is 10.1 Å². The third-order valence-electron chi connectivity index (χ3n) is 3.28. The Hall–Kier alpha value is -2.51. The zero-order chi connectivity index (χ0) is 17.6. The predicted octanol–water partition coefficient (Wildman–Crippen LogP) is 3.42. The molecule has 0 bridgehead atoms. The lowest BCUT2D eigenvalue weighted by Gasteiger charge is -2.10. The largest absolute Gasteiger partial charge is 0.573 e. The normalized spacial score (nSPS) is 16.7. The average molecular weight is 343 g/mol. The summed E-state index contributed by atoms with van der Waals surface area (Å²) in [6, 6.07) is 4.65. The lowest BCUT2D eigenvalue weighted by atomic mass is 10.1. The highest BCUT2D eigenvalue weighted by molar-refractivity contribution is 5.92. The Kier molecular flexibility index (Phi) is 5.83. The molecule has 1 amide bonds. The van der Waals surface area contributed by atoms with E-state index in [1.165, 1.54) is 12.1 Å². The molecule has 0 radical (unpaired) electrons. The lowest BCUT2D eigenvalue weighted by molar-refractivity contribution is -0.274. The third kappa shape index (κ3) is 6.31. The number of amides is 1. The number of hydrogen-bond donors (Lipinski definition) is 1. The van der Waals surface area contributed by atoms with E-state index in [-0.39, 0.29) is 18.0 Å².